The number of carbonyl (C=O) groups is 5. The minimum absolute atomic E-state index is 0.0293. The molecule has 3 rings (SSSR count). The summed E-state index contributed by atoms with van der Waals surface area (Å²) in [4.78, 5) is 62.4. The van der Waals surface area contributed by atoms with E-state index in [9.17, 15) is 24.0 Å². The van der Waals surface area contributed by atoms with Gasteiger partial charge in [0.1, 0.15) is 6.04 Å². The first kappa shape index (κ1) is 22.5. The molecule has 0 aromatic heterocycles. The highest BCUT2D eigenvalue weighted by molar-refractivity contribution is 6.26. The number of nitrogens with zero attached hydrogens (tertiary/aromatic N) is 1. The van der Waals surface area contributed by atoms with Gasteiger partial charge in [-0.15, -0.1) is 0 Å². The number of carbonyl (C=O) groups excluding carboxylic acids is 5. The van der Waals surface area contributed by atoms with Crippen molar-refractivity contribution in [2.75, 3.05) is 38.3 Å². The fourth-order valence-electron chi connectivity index (χ4n) is 3.40. The molecule has 1 aromatic rings. The molecule has 1 atom stereocenters. The van der Waals surface area contributed by atoms with Gasteiger partial charge in [-0.25, -0.2) is 0 Å². The van der Waals surface area contributed by atoms with Crippen molar-refractivity contribution in [3.8, 4) is 0 Å². The van der Waals surface area contributed by atoms with E-state index in [1.807, 2.05) is 0 Å². The molecule has 0 radical (unpaired) electrons. The molecule has 11 heteroatoms. The van der Waals surface area contributed by atoms with Gasteiger partial charge in [0.05, 0.1) is 49.7 Å². The Bertz CT molecular complexity index is 902. The Hall–Kier alpha value is -3.15. The number of benzene rings is 1. The van der Waals surface area contributed by atoms with Gasteiger partial charge >= 0.3 is 0 Å². The molecule has 0 spiro atoms. The molecular formula is C20H24N4O7. The van der Waals surface area contributed by atoms with Gasteiger partial charge in [-0.3, -0.25) is 34.2 Å². The second-order valence-electron chi connectivity index (χ2n) is 6.99. The molecule has 4 N–H and O–H groups in total. The number of rotatable bonds is 10. The van der Waals surface area contributed by atoms with Crippen LogP contribution in [0.5, 0.6) is 0 Å². The monoisotopic (exact) mass is 432 g/mol. The van der Waals surface area contributed by atoms with E-state index < -0.39 is 35.6 Å². The molecule has 1 fully saturated rings. The van der Waals surface area contributed by atoms with Crippen molar-refractivity contribution in [1.82, 2.24) is 10.2 Å². The quantitative estimate of drug-likeness (QED) is 0.327. The molecule has 2 heterocycles. The zero-order valence-electron chi connectivity index (χ0n) is 16.8. The van der Waals surface area contributed by atoms with Gasteiger partial charge in [0.15, 0.2) is 0 Å². The molecule has 31 heavy (non-hydrogen) atoms. The average Bonchev–Trinajstić information content (AvgIpc) is 2.99. The molecule has 5 amide bonds. The van der Waals surface area contributed by atoms with E-state index in [1.165, 1.54) is 12.1 Å². The predicted octanol–water partition coefficient (Wildman–Crippen LogP) is -0.592. The van der Waals surface area contributed by atoms with Gasteiger partial charge in [0.2, 0.25) is 17.7 Å². The Kier molecular flexibility index (Phi) is 7.45. The first-order chi connectivity index (χ1) is 14.9. The number of hydrogen-bond donors (Lipinski definition) is 3. The molecule has 1 unspecified atom stereocenters. The first-order valence-corrected chi connectivity index (χ1v) is 9.94. The van der Waals surface area contributed by atoms with Gasteiger partial charge < -0.3 is 20.5 Å². The number of imide groups is 2. The Morgan fingerprint density at radius 2 is 1.84 bits per heavy atom. The van der Waals surface area contributed by atoms with E-state index in [0.717, 1.165) is 4.90 Å². The summed E-state index contributed by atoms with van der Waals surface area (Å²) in [5.74, 6) is -2.84. The fraction of sp³-hybridized carbons (Fsp3) is 0.450. The maximum absolute atomic E-state index is 13.0. The number of piperidine rings is 1. The molecule has 11 nitrogen and oxygen atoms in total. The molecule has 166 valence electrons. The van der Waals surface area contributed by atoms with E-state index in [0.29, 0.717) is 26.4 Å². The highest BCUT2D eigenvalue weighted by Gasteiger charge is 2.45. The van der Waals surface area contributed by atoms with Crippen molar-refractivity contribution < 1.29 is 33.4 Å². The second-order valence-corrected chi connectivity index (χ2v) is 6.99. The zero-order chi connectivity index (χ0) is 22.4. The minimum Gasteiger partial charge on any atom is -0.379 e. The van der Waals surface area contributed by atoms with Crippen molar-refractivity contribution in [3.05, 3.63) is 29.3 Å². The van der Waals surface area contributed by atoms with E-state index in [2.05, 4.69) is 10.6 Å². The minimum atomic E-state index is -1.07. The summed E-state index contributed by atoms with van der Waals surface area (Å²) in [5, 5.41) is 4.77. The van der Waals surface area contributed by atoms with Crippen molar-refractivity contribution in [2.24, 2.45) is 5.73 Å². The topological polar surface area (TPSA) is 157 Å². The Morgan fingerprint density at radius 3 is 2.55 bits per heavy atom. The lowest BCUT2D eigenvalue weighted by atomic mass is 10.0. The summed E-state index contributed by atoms with van der Waals surface area (Å²) >= 11 is 0. The van der Waals surface area contributed by atoms with Crippen LogP contribution in [-0.4, -0.2) is 73.4 Å². The number of nitrogens with two attached hydrogens (primary N) is 1. The third-order valence-electron chi connectivity index (χ3n) is 4.85. The van der Waals surface area contributed by atoms with Crippen LogP contribution in [0.25, 0.3) is 0 Å². The first-order valence-electron chi connectivity index (χ1n) is 9.94. The summed E-state index contributed by atoms with van der Waals surface area (Å²) in [6, 6.07) is 3.45. The lowest BCUT2D eigenvalue weighted by molar-refractivity contribution is -0.136. The van der Waals surface area contributed by atoms with Crippen LogP contribution in [0.2, 0.25) is 0 Å². The maximum atomic E-state index is 13.0. The van der Waals surface area contributed by atoms with Crippen molar-refractivity contribution in [1.29, 1.82) is 0 Å². The van der Waals surface area contributed by atoms with Gasteiger partial charge in [0, 0.05) is 13.0 Å². The summed E-state index contributed by atoms with van der Waals surface area (Å²) < 4.78 is 10.5. The van der Waals surface area contributed by atoms with Crippen molar-refractivity contribution >= 4 is 35.2 Å². The lowest BCUT2D eigenvalue weighted by Crippen LogP contribution is -2.54. The summed E-state index contributed by atoms with van der Waals surface area (Å²) in [5.41, 5.74) is 5.61. The van der Waals surface area contributed by atoms with Crippen molar-refractivity contribution in [3.63, 3.8) is 0 Å². The molecule has 2 aliphatic rings. The zero-order valence-corrected chi connectivity index (χ0v) is 16.8. The Balaban J connectivity index is 1.62. The molecule has 1 saturated heterocycles. The van der Waals surface area contributed by atoms with E-state index in [1.54, 1.807) is 6.07 Å². The Morgan fingerprint density at radius 1 is 1.10 bits per heavy atom. The predicted molar refractivity (Wildman–Crippen MR) is 107 cm³/mol. The summed E-state index contributed by atoms with van der Waals surface area (Å²) in [6.07, 6.45) is 0.133. The molecule has 0 aliphatic carbocycles. The molecule has 2 aliphatic heterocycles. The normalized spacial score (nSPS) is 18.2. The summed E-state index contributed by atoms with van der Waals surface area (Å²) in [7, 11) is 0. The van der Waals surface area contributed by atoms with Gasteiger partial charge in [-0.1, -0.05) is 6.07 Å². The largest absolute Gasteiger partial charge is 0.379 e. The summed E-state index contributed by atoms with van der Waals surface area (Å²) in [6.45, 7) is 1.71. The number of anilines is 1. The highest BCUT2D eigenvalue weighted by atomic mass is 16.5. The van der Waals surface area contributed by atoms with E-state index in [4.69, 9.17) is 15.2 Å². The number of amides is 5. The lowest BCUT2D eigenvalue weighted by Gasteiger charge is -2.27. The number of fused-ring (bicyclic) bond motifs is 1. The molecular weight excluding hydrogens is 408 g/mol. The maximum Gasteiger partial charge on any atom is 0.264 e. The van der Waals surface area contributed by atoms with Gasteiger partial charge in [-0.05, 0) is 18.6 Å². The van der Waals surface area contributed by atoms with Crippen LogP contribution in [0.15, 0.2) is 18.2 Å². The van der Waals surface area contributed by atoms with E-state index in [-0.39, 0.29) is 42.7 Å². The van der Waals surface area contributed by atoms with E-state index >= 15 is 0 Å². The Labute approximate surface area is 178 Å². The second kappa shape index (κ2) is 10.2. The number of ether oxygens (including phenoxy) is 2. The van der Waals surface area contributed by atoms with Gasteiger partial charge in [0.25, 0.3) is 11.8 Å². The molecule has 0 bridgehead atoms. The van der Waals surface area contributed by atoms with Crippen LogP contribution in [0.3, 0.4) is 0 Å². The van der Waals surface area contributed by atoms with Crippen LogP contribution >= 0.6 is 0 Å². The average molecular weight is 432 g/mol. The van der Waals surface area contributed by atoms with Crippen LogP contribution in [0, 0.1) is 0 Å². The number of hydrogen-bond acceptors (Lipinski definition) is 8. The van der Waals surface area contributed by atoms with Crippen LogP contribution in [-0.2, 0) is 23.9 Å². The standard InChI is InChI=1S/C20H24N4O7/c21-7-9-31-11-10-30-8-6-16(26)22-13-3-1-2-12-17(13)20(29)24(19(12)28)14-4-5-15(25)23-18(14)27/h1-3,14H,4-11,21H2,(H,22,26)(H,23,25,27). The third-order valence-corrected chi connectivity index (χ3v) is 4.85. The van der Waals surface area contributed by atoms with Crippen LogP contribution < -0.4 is 16.4 Å². The van der Waals surface area contributed by atoms with Crippen LogP contribution in [0.1, 0.15) is 40.0 Å². The smallest absolute Gasteiger partial charge is 0.264 e. The SMILES string of the molecule is NCCOCCOCCC(=O)Nc1cccc2c1C(=O)N(C1CCC(=O)NC1=O)C2=O. The number of nitrogens with one attached hydrogen (secondary N) is 2. The molecule has 0 saturated carbocycles. The van der Waals surface area contributed by atoms with Crippen LogP contribution in [0.4, 0.5) is 5.69 Å². The fourth-order valence-corrected chi connectivity index (χ4v) is 3.40. The third kappa shape index (κ3) is 5.13. The molecule has 1 aromatic carbocycles. The highest BCUT2D eigenvalue weighted by Crippen LogP contribution is 2.32. The van der Waals surface area contributed by atoms with Gasteiger partial charge in [-0.2, -0.15) is 0 Å². The van der Waals surface area contributed by atoms with Crippen molar-refractivity contribution in [2.45, 2.75) is 25.3 Å².